The standard InChI is InChI=1S/C23H34O5/c1-4-6-7-8-9-11-20(24)15-13-19-14-16-21(22(18-19)26-3)28-17-10-12-23(25)27-5-2/h9,11,14,16,18H,4-8,10,12-13,15,17H2,1-3H3/b11-9+. The number of ether oxygens (including phenoxy) is 3. The average molecular weight is 391 g/mol. The largest absolute Gasteiger partial charge is 0.493 e. The fourth-order valence-electron chi connectivity index (χ4n) is 2.70. The Morgan fingerprint density at radius 2 is 1.86 bits per heavy atom. The number of hydrogen-bond acceptors (Lipinski definition) is 5. The van der Waals surface area contributed by atoms with Crippen molar-refractivity contribution in [1.82, 2.24) is 0 Å². The summed E-state index contributed by atoms with van der Waals surface area (Å²) < 4.78 is 16.0. The normalized spacial score (nSPS) is 10.8. The molecule has 0 unspecified atom stereocenters. The van der Waals surface area contributed by atoms with Crippen molar-refractivity contribution in [1.29, 1.82) is 0 Å². The van der Waals surface area contributed by atoms with Crippen LogP contribution in [0.15, 0.2) is 30.4 Å². The van der Waals surface area contributed by atoms with Crippen molar-refractivity contribution in [2.45, 2.75) is 65.2 Å². The van der Waals surface area contributed by atoms with Crippen LogP contribution in [-0.2, 0) is 20.7 Å². The van der Waals surface area contributed by atoms with E-state index in [0.717, 1.165) is 18.4 Å². The maximum Gasteiger partial charge on any atom is 0.305 e. The monoisotopic (exact) mass is 390 g/mol. The summed E-state index contributed by atoms with van der Waals surface area (Å²) in [5, 5.41) is 0. The lowest BCUT2D eigenvalue weighted by Crippen LogP contribution is -2.07. The van der Waals surface area contributed by atoms with Crippen LogP contribution in [0.4, 0.5) is 0 Å². The number of allylic oxidation sites excluding steroid dienone is 2. The molecular weight excluding hydrogens is 356 g/mol. The highest BCUT2D eigenvalue weighted by Crippen LogP contribution is 2.28. The Labute approximate surface area is 169 Å². The van der Waals surface area contributed by atoms with E-state index in [2.05, 4.69) is 6.92 Å². The van der Waals surface area contributed by atoms with E-state index in [9.17, 15) is 9.59 Å². The predicted molar refractivity (Wildman–Crippen MR) is 111 cm³/mol. The van der Waals surface area contributed by atoms with Crippen LogP contribution in [0.1, 0.15) is 64.4 Å². The fourth-order valence-corrected chi connectivity index (χ4v) is 2.70. The van der Waals surface area contributed by atoms with Crippen molar-refractivity contribution in [3.63, 3.8) is 0 Å². The van der Waals surface area contributed by atoms with Crippen molar-refractivity contribution >= 4 is 11.8 Å². The molecule has 0 fully saturated rings. The maximum absolute atomic E-state index is 12.0. The lowest BCUT2D eigenvalue weighted by molar-refractivity contribution is -0.143. The third-order valence-corrected chi connectivity index (χ3v) is 4.25. The van der Waals surface area contributed by atoms with Crippen molar-refractivity contribution in [3.05, 3.63) is 35.9 Å². The minimum absolute atomic E-state index is 0.148. The summed E-state index contributed by atoms with van der Waals surface area (Å²) in [7, 11) is 1.59. The molecule has 1 aromatic rings. The molecular formula is C23H34O5. The van der Waals surface area contributed by atoms with Gasteiger partial charge in [-0.15, -0.1) is 0 Å². The topological polar surface area (TPSA) is 61.8 Å². The number of benzene rings is 1. The van der Waals surface area contributed by atoms with E-state index in [1.54, 1.807) is 20.1 Å². The van der Waals surface area contributed by atoms with E-state index in [1.807, 2.05) is 24.3 Å². The predicted octanol–water partition coefficient (Wildman–Crippen LogP) is 5.06. The Balaban J connectivity index is 2.42. The Morgan fingerprint density at radius 3 is 2.57 bits per heavy atom. The van der Waals surface area contributed by atoms with Gasteiger partial charge in [0, 0.05) is 12.8 Å². The summed E-state index contributed by atoms with van der Waals surface area (Å²) in [4.78, 5) is 23.3. The quantitative estimate of drug-likeness (QED) is 0.238. The van der Waals surface area contributed by atoms with Gasteiger partial charge >= 0.3 is 5.97 Å². The molecule has 0 N–H and O–H groups in total. The van der Waals surface area contributed by atoms with Crippen molar-refractivity contribution < 1.29 is 23.8 Å². The number of carbonyl (C=O) groups excluding carboxylic acids is 2. The molecule has 1 aromatic carbocycles. The van der Waals surface area contributed by atoms with Gasteiger partial charge in [-0.1, -0.05) is 31.9 Å². The van der Waals surface area contributed by atoms with Crippen LogP contribution >= 0.6 is 0 Å². The van der Waals surface area contributed by atoms with Crippen molar-refractivity contribution in [2.75, 3.05) is 20.3 Å². The first-order valence-electron chi connectivity index (χ1n) is 10.2. The summed E-state index contributed by atoms with van der Waals surface area (Å²) in [5.41, 5.74) is 1.03. The first kappa shape index (κ1) is 23.7. The smallest absolute Gasteiger partial charge is 0.305 e. The number of hydrogen-bond donors (Lipinski definition) is 0. The van der Waals surface area contributed by atoms with Crippen LogP contribution < -0.4 is 9.47 Å². The molecule has 0 saturated carbocycles. The van der Waals surface area contributed by atoms with Crippen LogP contribution in [0, 0.1) is 0 Å². The highest BCUT2D eigenvalue weighted by molar-refractivity contribution is 5.89. The van der Waals surface area contributed by atoms with Crippen LogP contribution in [0.3, 0.4) is 0 Å². The zero-order chi connectivity index (χ0) is 20.6. The Kier molecular flexibility index (Phi) is 12.5. The van der Waals surface area contributed by atoms with E-state index in [4.69, 9.17) is 14.2 Å². The molecule has 0 aliphatic carbocycles. The van der Waals surface area contributed by atoms with Gasteiger partial charge in [-0.25, -0.2) is 0 Å². The second kappa shape index (κ2) is 14.7. The van der Waals surface area contributed by atoms with E-state index in [-0.39, 0.29) is 11.8 Å². The minimum Gasteiger partial charge on any atom is -0.493 e. The van der Waals surface area contributed by atoms with Gasteiger partial charge in [0.05, 0.1) is 20.3 Å². The Hall–Kier alpha value is -2.30. The first-order chi connectivity index (χ1) is 13.6. The van der Waals surface area contributed by atoms with Crippen molar-refractivity contribution in [3.8, 4) is 11.5 Å². The lowest BCUT2D eigenvalue weighted by atomic mass is 10.1. The third kappa shape index (κ3) is 10.1. The summed E-state index contributed by atoms with van der Waals surface area (Å²) in [5.74, 6) is 1.21. The molecule has 0 atom stereocenters. The second-order valence-corrected chi connectivity index (χ2v) is 6.61. The molecule has 0 aliphatic heterocycles. The van der Waals surface area contributed by atoms with Crippen molar-refractivity contribution in [2.24, 2.45) is 0 Å². The third-order valence-electron chi connectivity index (χ3n) is 4.25. The summed E-state index contributed by atoms with van der Waals surface area (Å²) in [6.45, 7) is 4.77. The summed E-state index contributed by atoms with van der Waals surface area (Å²) >= 11 is 0. The van der Waals surface area contributed by atoms with Gasteiger partial charge in [-0.05, 0) is 56.4 Å². The Bertz CT molecular complexity index is 621. The molecule has 0 aromatic heterocycles. The average Bonchev–Trinajstić information content (AvgIpc) is 2.70. The summed E-state index contributed by atoms with van der Waals surface area (Å²) in [6, 6.07) is 5.70. The van der Waals surface area contributed by atoms with Gasteiger partial charge < -0.3 is 14.2 Å². The second-order valence-electron chi connectivity index (χ2n) is 6.61. The van der Waals surface area contributed by atoms with Crippen LogP contribution in [0.2, 0.25) is 0 Å². The molecule has 0 aliphatic rings. The molecule has 5 heteroatoms. The molecule has 0 saturated heterocycles. The molecule has 0 radical (unpaired) electrons. The van der Waals surface area contributed by atoms with E-state index >= 15 is 0 Å². The number of methoxy groups -OCH3 is 1. The van der Waals surface area contributed by atoms with Gasteiger partial charge in [0.15, 0.2) is 17.3 Å². The molecule has 0 spiro atoms. The number of carbonyl (C=O) groups is 2. The zero-order valence-electron chi connectivity index (χ0n) is 17.5. The number of unbranched alkanes of at least 4 members (excludes halogenated alkanes) is 3. The molecule has 0 bridgehead atoms. The molecule has 5 nitrogen and oxygen atoms in total. The van der Waals surface area contributed by atoms with E-state index in [0.29, 0.717) is 50.4 Å². The zero-order valence-corrected chi connectivity index (χ0v) is 17.5. The minimum atomic E-state index is -0.211. The van der Waals surface area contributed by atoms with E-state index < -0.39 is 0 Å². The van der Waals surface area contributed by atoms with E-state index in [1.165, 1.54) is 12.8 Å². The number of aryl methyl sites for hydroxylation is 1. The fraction of sp³-hybridized carbons (Fsp3) is 0.565. The van der Waals surface area contributed by atoms with Crippen LogP contribution in [0.5, 0.6) is 11.5 Å². The first-order valence-corrected chi connectivity index (χ1v) is 10.2. The highest BCUT2D eigenvalue weighted by atomic mass is 16.5. The van der Waals surface area contributed by atoms with Gasteiger partial charge in [0.25, 0.3) is 0 Å². The molecule has 28 heavy (non-hydrogen) atoms. The van der Waals surface area contributed by atoms with Gasteiger partial charge in [0.2, 0.25) is 0 Å². The Morgan fingerprint density at radius 1 is 1.04 bits per heavy atom. The number of rotatable bonds is 15. The van der Waals surface area contributed by atoms with Crippen LogP contribution in [-0.4, -0.2) is 32.1 Å². The molecule has 1 rings (SSSR count). The maximum atomic E-state index is 12.0. The molecule has 0 amide bonds. The number of esters is 1. The van der Waals surface area contributed by atoms with Gasteiger partial charge in [-0.3, -0.25) is 9.59 Å². The lowest BCUT2D eigenvalue weighted by Gasteiger charge is -2.12. The molecule has 156 valence electrons. The highest BCUT2D eigenvalue weighted by Gasteiger charge is 2.08. The SMILES string of the molecule is CCCCC/C=C/C(=O)CCc1ccc(OCCCC(=O)OCC)c(OC)c1. The summed E-state index contributed by atoms with van der Waals surface area (Å²) in [6.07, 6.45) is 10.2. The number of ketones is 1. The van der Waals surface area contributed by atoms with Crippen LogP contribution in [0.25, 0.3) is 0 Å². The van der Waals surface area contributed by atoms with Gasteiger partial charge in [0.1, 0.15) is 0 Å². The van der Waals surface area contributed by atoms with Gasteiger partial charge in [-0.2, -0.15) is 0 Å². The molecule has 0 heterocycles.